The van der Waals surface area contributed by atoms with Gasteiger partial charge in [0.1, 0.15) is 11.3 Å². The topological polar surface area (TPSA) is 112 Å². The van der Waals surface area contributed by atoms with Crippen molar-refractivity contribution in [3.63, 3.8) is 0 Å². The highest BCUT2D eigenvalue weighted by atomic mass is 32.1. The van der Waals surface area contributed by atoms with E-state index in [1.165, 1.54) is 6.07 Å². The van der Waals surface area contributed by atoms with Gasteiger partial charge in [-0.3, -0.25) is 14.9 Å². The Labute approximate surface area is 231 Å². The molecule has 194 valence electrons. The number of amides is 1. The first-order valence-corrected chi connectivity index (χ1v) is 13.3. The predicted octanol–water partition coefficient (Wildman–Crippen LogP) is 6.61. The number of nitrogens with zero attached hydrogens (tertiary/aromatic N) is 4. The zero-order valence-electron chi connectivity index (χ0n) is 20.9. The summed E-state index contributed by atoms with van der Waals surface area (Å²) in [7, 11) is 0. The third-order valence-corrected chi connectivity index (χ3v) is 7.51. The Hall–Kier alpha value is -5.22. The highest BCUT2D eigenvalue weighted by Crippen LogP contribution is 2.36. The number of benzene rings is 1. The van der Waals surface area contributed by atoms with E-state index in [0.717, 1.165) is 54.9 Å². The van der Waals surface area contributed by atoms with Gasteiger partial charge in [-0.25, -0.2) is 9.97 Å². The van der Waals surface area contributed by atoms with Gasteiger partial charge in [0.2, 0.25) is 5.91 Å². The van der Waals surface area contributed by atoms with Crippen molar-refractivity contribution in [2.75, 3.05) is 5.32 Å². The van der Waals surface area contributed by atoms with Crippen molar-refractivity contribution in [2.45, 2.75) is 6.42 Å². The van der Waals surface area contributed by atoms with Gasteiger partial charge in [0.15, 0.2) is 10.8 Å². The average molecular weight is 546 g/mol. The van der Waals surface area contributed by atoms with Gasteiger partial charge in [-0.05, 0) is 42.0 Å². The summed E-state index contributed by atoms with van der Waals surface area (Å²) in [5.41, 5.74) is 6.83. The van der Waals surface area contributed by atoms with Crippen LogP contribution in [0.5, 0.6) is 0 Å². The highest BCUT2D eigenvalue weighted by molar-refractivity contribution is 7.14. The molecule has 7 rings (SSSR count). The summed E-state index contributed by atoms with van der Waals surface area (Å²) in [6.45, 7) is 0. The number of nitrogens with one attached hydrogen (secondary N) is 3. The van der Waals surface area contributed by atoms with E-state index in [9.17, 15) is 9.18 Å². The number of aromatic amines is 2. The minimum Gasteiger partial charge on any atom is -0.338 e. The van der Waals surface area contributed by atoms with E-state index in [2.05, 4.69) is 35.5 Å². The second-order valence-electron chi connectivity index (χ2n) is 9.27. The number of fused-ring (bicyclic) bond motifs is 2. The molecule has 0 radical (unpaired) electrons. The lowest BCUT2D eigenvalue weighted by atomic mass is 10.1. The molecule has 1 aromatic carbocycles. The van der Waals surface area contributed by atoms with Crippen molar-refractivity contribution in [2.24, 2.45) is 0 Å². The largest absolute Gasteiger partial charge is 0.338 e. The summed E-state index contributed by atoms with van der Waals surface area (Å²) in [6.07, 6.45) is 7.08. The first-order chi connectivity index (χ1) is 19.6. The molecule has 7 aromatic rings. The number of halogens is 1. The summed E-state index contributed by atoms with van der Waals surface area (Å²) >= 11 is 1.10. The van der Waals surface area contributed by atoms with Gasteiger partial charge in [0.25, 0.3) is 0 Å². The van der Waals surface area contributed by atoms with Crippen molar-refractivity contribution in [3.8, 4) is 33.0 Å². The van der Waals surface area contributed by atoms with Crippen molar-refractivity contribution in [3.05, 3.63) is 102 Å². The van der Waals surface area contributed by atoms with E-state index in [1.54, 1.807) is 30.9 Å². The van der Waals surface area contributed by atoms with Crippen molar-refractivity contribution < 1.29 is 9.18 Å². The molecule has 1 amide bonds. The Morgan fingerprint density at radius 2 is 1.77 bits per heavy atom. The zero-order chi connectivity index (χ0) is 27.1. The lowest BCUT2D eigenvalue weighted by Gasteiger charge is -2.07. The molecule has 0 bridgehead atoms. The average Bonchev–Trinajstić information content (AvgIpc) is 3.71. The molecule has 3 N–H and O–H groups in total. The number of rotatable bonds is 6. The molecule has 10 heteroatoms. The quantitative estimate of drug-likeness (QED) is 0.218. The monoisotopic (exact) mass is 545 g/mol. The molecular formula is C30H20FN7OS. The van der Waals surface area contributed by atoms with Gasteiger partial charge < -0.3 is 10.3 Å². The summed E-state index contributed by atoms with van der Waals surface area (Å²) in [5, 5.41) is 11.9. The second kappa shape index (κ2) is 9.83. The normalized spacial score (nSPS) is 11.3. The van der Waals surface area contributed by atoms with Crippen molar-refractivity contribution in [1.29, 1.82) is 0 Å². The van der Waals surface area contributed by atoms with Crippen LogP contribution in [0, 0.1) is 5.13 Å². The number of aromatic nitrogens is 6. The fraction of sp³-hybridized carbons (Fsp3) is 0.0333. The van der Waals surface area contributed by atoms with Gasteiger partial charge in [-0.2, -0.15) is 9.49 Å². The molecule has 0 aliphatic rings. The van der Waals surface area contributed by atoms with E-state index in [-0.39, 0.29) is 17.5 Å². The van der Waals surface area contributed by atoms with Crippen LogP contribution in [0.1, 0.15) is 5.56 Å². The Kier molecular flexibility index (Phi) is 5.86. The number of H-pyrrole nitrogens is 2. The van der Waals surface area contributed by atoms with Crippen molar-refractivity contribution >= 4 is 45.0 Å². The first-order valence-electron chi connectivity index (χ1n) is 12.5. The summed E-state index contributed by atoms with van der Waals surface area (Å²) < 4.78 is 13.7. The Morgan fingerprint density at radius 1 is 0.900 bits per heavy atom. The maximum absolute atomic E-state index is 13.7. The minimum absolute atomic E-state index is 0.118. The number of carbonyl (C=O) groups excluding carboxylic acids is 1. The van der Waals surface area contributed by atoms with E-state index in [4.69, 9.17) is 0 Å². The van der Waals surface area contributed by atoms with Crippen LogP contribution >= 0.6 is 11.3 Å². The maximum atomic E-state index is 13.7. The van der Waals surface area contributed by atoms with Gasteiger partial charge in [-0.15, -0.1) is 11.3 Å². The number of hydrogen-bond acceptors (Lipinski definition) is 6. The van der Waals surface area contributed by atoms with Crippen LogP contribution in [-0.4, -0.2) is 36.0 Å². The van der Waals surface area contributed by atoms with E-state index in [0.29, 0.717) is 22.7 Å². The summed E-state index contributed by atoms with van der Waals surface area (Å²) in [4.78, 5) is 30.1. The zero-order valence-corrected chi connectivity index (χ0v) is 21.7. The maximum Gasteiger partial charge on any atom is 0.228 e. The summed E-state index contributed by atoms with van der Waals surface area (Å²) in [5.74, 6) is -0.118. The molecule has 0 unspecified atom stereocenters. The lowest BCUT2D eigenvalue weighted by molar-refractivity contribution is -0.115. The van der Waals surface area contributed by atoms with Gasteiger partial charge in [-0.1, -0.05) is 30.3 Å². The second-order valence-corrected chi connectivity index (χ2v) is 10.3. The molecule has 0 aliphatic carbocycles. The molecule has 8 nitrogen and oxygen atoms in total. The number of anilines is 1. The highest BCUT2D eigenvalue weighted by Gasteiger charge is 2.16. The number of pyridine rings is 3. The Morgan fingerprint density at radius 3 is 2.62 bits per heavy atom. The first kappa shape index (κ1) is 23.9. The predicted molar refractivity (Wildman–Crippen MR) is 154 cm³/mol. The smallest absolute Gasteiger partial charge is 0.228 e. The standard InChI is InChI=1S/C30H20FN7OS/c31-26-7-6-25(40-26)21-8-9-33-29-22(21)13-24(36-29)28-23-12-19(15-34-30(23)38-37-28)18-11-20(16-32-14-18)35-27(39)10-17-4-2-1-3-5-17/h1-9,11-16H,10H2,(H,33,36)(H,35,39)(H,34,37,38). The molecule has 6 aromatic heterocycles. The number of thiophene rings is 1. The van der Waals surface area contributed by atoms with E-state index in [1.807, 2.05) is 54.6 Å². The molecule has 0 fully saturated rings. The SMILES string of the molecule is O=C(Cc1ccccc1)Nc1cncc(-c2cnc3[nH]nc(-c4cc5c(-c6ccc(F)s6)ccnc5[nH]4)c3c2)c1. The fourth-order valence-corrected chi connectivity index (χ4v) is 5.52. The van der Waals surface area contributed by atoms with Gasteiger partial charge in [0.05, 0.1) is 24.0 Å². The van der Waals surface area contributed by atoms with Crippen LogP contribution in [0.15, 0.2) is 91.5 Å². The van der Waals surface area contributed by atoms with Crippen LogP contribution in [-0.2, 0) is 11.2 Å². The third-order valence-electron chi connectivity index (χ3n) is 6.60. The number of hydrogen-bond donors (Lipinski definition) is 3. The van der Waals surface area contributed by atoms with E-state index >= 15 is 0 Å². The summed E-state index contributed by atoms with van der Waals surface area (Å²) in [6, 6.07) is 20.5. The Bertz CT molecular complexity index is 2010. The lowest BCUT2D eigenvalue weighted by Crippen LogP contribution is -2.14. The van der Waals surface area contributed by atoms with Crippen LogP contribution < -0.4 is 5.32 Å². The van der Waals surface area contributed by atoms with Crippen LogP contribution in [0.4, 0.5) is 10.1 Å². The minimum atomic E-state index is -0.234. The molecule has 0 aliphatic heterocycles. The Balaban J connectivity index is 1.21. The molecule has 0 atom stereocenters. The van der Waals surface area contributed by atoms with Gasteiger partial charge in [0, 0.05) is 50.9 Å². The molecule has 0 saturated carbocycles. The van der Waals surface area contributed by atoms with Crippen molar-refractivity contribution in [1.82, 2.24) is 30.1 Å². The molecule has 0 spiro atoms. The fourth-order valence-electron chi connectivity index (χ4n) is 4.75. The molecule has 6 heterocycles. The third kappa shape index (κ3) is 4.50. The molecular weight excluding hydrogens is 525 g/mol. The van der Waals surface area contributed by atoms with Crippen LogP contribution in [0.3, 0.4) is 0 Å². The number of carbonyl (C=O) groups is 1. The van der Waals surface area contributed by atoms with Crippen LogP contribution in [0.25, 0.3) is 55.0 Å². The van der Waals surface area contributed by atoms with Gasteiger partial charge >= 0.3 is 0 Å². The molecule has 0 saturated heterocycles. The van der Waals surface area contributed by atoms with Crippen LogP contribution in [0.2, 0.25) is 0 Å². The molecule has 40 heavy (non-hydrogen) atoms. The van der Waals surface area contributed by atoms with E-state index < -0.39 is 0 Å².